The lowest BCUT2D eigenvalue weighted by Gasteiger charge is -2.06. The normalized spacial score (nSPS) is 10.1. The molecule has 0 saturated heterocycles. The lowest BCUT2D eigenvalue weighted by molar-refractivity contribution is 0.855. The van der Waals surface area contributed by atoms with Gasteiger partial charge in [-0.25, -0.2) is 0 Å². The molecule has 1 aromatic rings. The predicted molar refractivity (Wildman–Crippen MR) is 46.2 cm³/mol. The molecule has 0 aromatic carbocycles. The Labute approximate surface area is 66.8 Å². The lowest BCUT2D eigenvalue weighted by Crippen LogP contribution is -1.96. The van der Waals surface area contributed by atoms with Crippen molar-refractivity contribution < 1.29 is 0 Å². The average Bonchev–Trinajstić information content (AvgIpc) is 2.04. The molecule has 0 aliphatic carbocycles. The fourth-order valence-electron chi connectivity index (χ4n) is 1.04. The highest BCUT2D eigenvalue weighted by Gasteiger charge is 2.03. The van der Waals surface area contributed by atoms with Gasteiger partial charge in [-0.2, -0.15) is 0 Å². The molecule has 0 spiro atoms. The molecule has 0 unspecified atom stereocenters. The molecule has 0 atom stereocenters. The molecule has 2 heteroatoms. The van der Waals surface area contributed by atoms with E-state index in [-0.39, 0.29) is 0 Å². The van der Waals surface area contributed by atoms with Gasteiger partial charge in [-0.1, -0.05) is 19.9 Å². The molecule has 11 heavy (non-hydrogen) atoms. The van der Waals surface area contributed by atoms with Crippen molar-refractivity contribution in [1.29, 1.82) is 5.41 Å². The second kappa shape index (κ2) is 3.28. The van der Waals surface area contributed by atoms with E-state index in [4.69, 9.17) is 5.41 Å². The summed E-state index contributed by atoms with van der Waals surface area (Å²) < 4.78 is 0. The number of pyridine rings is 1. The molecule has 0 bridgehead atoms. The highest BCUT2D eigenvalue weighted by atomic mass is 14.7. The monoisotopic (exact) mass is 148 g/mol. The van der Waals surface area contributed by atoms with Crippen molar-refractivity contribution in [2.24, 2.45) is 0 Å². The first kappa shape index (κ1) is 7.92. The second-order valence-corrected chi connectivity index (χ2v) is 2.78. The van der Waals surface area contributed by atoms with Crippen LogP contribution in [-0.4, -0.2) is 11.2 Å². The molecular weight excluding hydrogens is 136 g/mol. The van der Waals surface area contributed by atoms with Crippen LogP contribution in [-0.2, 0) is 0 Å². The maximum absolute atomic E-state index is 7.09. The average molecular weight is 148 g/mol. The van der Waals surface area contributed by atoms with Crippen LogP contribution in [0.3, 0.4) is 0 Å². The minimum atomic E-state index is 0.445. The van der Waals surface area contributed by atoms with Gasteiger partial charge in [0.1, 0.15) is 0 Å². The van der Waals surface area contributed by atoms with Crippen molar-refractivity contribution in [2.45, 2.75) is 19.8 Å². The van der Waals surface area contributed by atoms with Gasteiger partial charge in [0.25, 0.3) is 0 Å². The first-order chi connectivity index (χ1) is 5.25. The highest BCUT2D eigenvalue weighted by Crippen LogP contribution is 2.15. The van der Waals surface area contributed by atoms with E-state index >= 15 is 0 Å². The van der Waals surface area contributed by atoms with E-state index in [1.807, 2.05) is 12.1 Å². The van der Waals surface area contributed by atoms with Gasteiger partial charge in [-0.15, -0.1) is 0 Å². The van der Waals surface area contributed by atoms with Gasteiger partial charge in [-0.3, -0.25) is 4.98 Å². The Morgan fingerprint density at radius 2 is 2.27 bits per heavy atom. The molecule has 0 saturated carbocycles. The Kier molecular flexibility index (Phi) is 2.36. The van der Waals surface area contributed by atoms with Gasteiger partial charge in [0, 0.05) is 12.4 Å². The zero-order valence-electron chi connectivity index (χ0n) is 6.83. The quantitative estimate of drug-likeness (QED) is 0.641. The van der Waals surface area contributed by atoms with Crippen molar-refractivity contribution in [1.82, 2.24) is 4.98 Å². The third-order valence-corrected chi connectivity index (χ3v) is 1.63. The third-order valence-electron chi connectivity index (χ3n) is 1.63. The van der Waals surface area contributed by atoms with Crippen LogP contribution in [0, 0.1) is 5.41 Å². The summed E-state index contributed by atoms with van der Waals surface area (Å²) in [7, 11) is 0. The Bertz CT molecular complexity index is 253. The van der Waals surface area contributed by atoms with Crippen molar-refractivity contribution >= 4 is 6.21 Å². The molecule has 0 fully saturated rings. The number of aromatic nitrogens is 1. The van der Waals surface area contributed by atoms with Crippen molar-refractivity contribution in [3.63, 3.8) is 0 Å². The molecule has 0 amide bonds. The summed E-state index contributed by atoms with van der Waals surface area (Å²) in [6.07, 6.45) is 3.02. The molecular formula is C9H12N2. The standard InChI is InChI=1S/C9H12N2/c1-7(2)8-4-3-5-11-9(8)6-10/h3-7,10H,1-2H3. The van der Waals surface area contributed by atoms with Gasteiger partial charge >= 0.3 is 0 Å². The van der Waals surface area contributed by atoms with Crippen LogP contribution >= 0.6 is 0 Å². The second-order valence-electron chi connectivity index (χ2n) is 2.78. The van der Waals surface area contributed by atoms with E-state index in [1.54, 1.807) is 6.20 Å². The summed E-state index contributed by atoms with van der Waals surface area (Å²) in [4.78, 5) is 4.08. The molecule has 1 aromatic heterocycles. The van der Waals surface area contributed by atoms with Gasteiger partial charge in [0.05, 0.1) is 5.69 Å². The van der Waals surface area contributed by atoms with Crippen LogP contribution in [0.25, 0.3) is 0 Å². The number of rotatable bonds is 2. The Morgan fingerprint density at radius 1 is 1.55 bits per heavy atom. The van der Waals surface area contributed by atoms with Crippen molar-refractivity contribution in [2.75, 3.05) is 0 Å². The van der Waals surface area contributed by atoms with Crippen LogP contribution in [0.2, 0.25) is 0 Å². The number of nitrogens with one attached hydrogen (secondary N) is 1. The van der Waals surface area contributed by atoms with E-state index in [0.717, 1.165) is 11.3 Å². The Hall–Kier alpha value is -1.18. The molecule has 1 N–H and O–H groups in total. The zero-order chi connectivity index (χ0) is 8.27. The molecule has 58 valence electrons. The summed E-state index contributed by atoms with van der Waals surface area (Å²) in [6.45, 7) is 4.20. The van der Waals surface area contributed by atoms with Crippen LogP contribution in [0.4, 0.5) is 0 Å². The lowest BCUT2D eigenvalue weighted by atomic mass is 10.0. The minimum Gasteiger partial charge on any atom is -0.306 e. The zero-order valence-corrected chi connectivity index (χ0v) is 6.83. The molecule has 0 aliphatic heterocycles. The van der Waals surface area contributed by atoms with E-state index in [2.05, 4.69) is 18.8 Å². The fraction of sp³-hybridized carbons (Fsp3) is 0.333. The SMILES string of the molecule is CC(C)c1cccnc1C=N. The van der Waals surface area contributed by atoms with Crippen LogP contribution in [0.1, 0.15) is 31.0 Å². The number of nitrogens with zero attached hydrogens (tertiary/aromatic N) is 1. The summed E-state index contributed by atoms with van der Waals surface area (Å²) >= 11 is 0. The number of hydrogen-bond acceptors (Lipinski definition) is 2. The Morgan fingerprint density at radius 3 is 2.73 bits per heavy atom. The summed E-state index contributed by atoms with van der Waals surface area (Å²) in [5.74, 6) is 0.445. The summed E-state index contributed by atoms with van der Waals surface area (Å²) in [5, 5.41) is 7.09. The maximum Gasteiger partial charge on any atom is 0.0839 e. The number of hydrogen-bond donors (Lipinski definition) is 1. The highest BCUT2D eigenvalue weighted by molar-refractivity contribution is 5.76. The molecule has 2 nitrogen and oxygen atoms in total. The van der Waals surface area contributed by atoms with Crippen molar-refractivity contribution in [3.05, 3.63) is 29.6 Å². The van der Waals surface area contributed by atoms with Gasteiger partial charge < -0.3 is 5.41 Å². The summed E-state index contributed by atoms with van der Waals surface area (Å²) in [6, 6.07) is 3.92. The topological polar surface area (TPSA) is 36.7 Å². The third kappa shape index (κ3) is 1.64. The molecule has 0 radical (unpaired) electrons. The molecule has 1 rings (SSSR count). The van der Waals surface area contributed by atoms with E-state index < -0.39 is 0 Å². The molecule has 0 aliphatic rings. The first-order valence-electron chi connectivity index (χ1n) is 3.71. The molecule has 1 heterocycles. The van der Waals surface area contributed by atoms with Crippen LogP contribution in [0.5, 0.6) is 0 Å². The maximum atomic E-state index is 7.09. The van der Waals surface area contributed by atoms with E-state index in [0.29, 0.717) is 5.92 Å². The van der Waals surface area contributed by atoms with Crippen LogP contribution < -0.4 is 0 Å². The minimum absolute atomic E-state index is 0.445. The predicted octanol–water partition coefficient (Wildman–Crippen LogP) is 2.20. The first-order valence-corrected chi connectivity index (χ1v) is 3.71. The van der Waals surface area contributed by atoms with E-state index in [9.17, 15) is 0 Å². The smallest absolute Gasteiger partial charge is 0.0839 e. The van der Waals surface area contributed by atoms with Gasteiger partial charge in [0.15, 0.2) is 0 Å². The van der Waals surface area contributed by atoms with Crippen LogP contribution in [0.15, 0.2) is 18.3 Å². The van der Waals surface area contributed by atoms with Crippen molar-refractivity contribution in [3.8, 4) is 0 Å². The largest absolute Gasteiger partial charge is 0.306 e. The fourth-order valence-corrected chi connectivity index (χ4v) is 1.04. The van der Waals surface area contributed by atoms with Gasteiger partial charge in [-0.05, 0) is 17.5 Å². The summed E-state index contributed by atoms with van der Waals surface area (Å²) in [5.41, 5.74) is 1.92. The van der Waals surface area contributed by atoms with Gasteiger partial charge in [0.2, 0.25) is 0 Å². The Balaban J connectivity index is 3.12. The van der Waals surface area contributed by atoms with E-state index in [1.165, 1.54) is 6.21 Å².